The van der Waals surface area contributed by atoms with Crippen molar-refractivity contribution >= 4 is 5.97 Å². The van der Waals surface area contributed by atoms with E-state index < -0.39 is 5.97 Å². The van der Waals surface area contributed by atoms with Crippen LogP contribution in [0.1, 0.15) is 41.5 Å². The molecule has 80 valence electrons. The maximum atomic E-state index is 9.00. The van der Waals surface area contributed by atoms with E-state index in [4.69, 9.17) is 15.6 Å². The van der Waals surface area contributed by atoms with E-state index in [2.05, 4.69) is 34.6 Å². The molecule has 0 atom stereocenters. The maximum Gasteiger partial charge on any atom is 0.300 e. The van der Waals surface area contributed by atoms with Gasteiger partial charge >= 0.3 is 0 Å². The lowest BCUT2D eigenvalue weighted by Gasteiger charge is -2.33. The summed E-state index contributed by atoms with van der Waals surface area (Å²) in [5.74, 6) is 0.301. The van der Waals surface area contributed by atoms with Crippen molar-refractivity contribution in [2.24, 2.45) is 17.6 Å². The highest BCUT2D eigenvalue weighted by Crippen LogP contribution is 2.21. The minimum absolute atomic E-state index is 0.000000000000000222. The van der Waals surface area contributed by atoms with Crippen LogP contribution in [0.3, 0.4) is 0 Å². The largest absolute Gasteiger partial charge is 0.481 e. The predicted octanol–water partition coefficient (Wildman–Crippen LogP) is 2.11. The first-order valence-corrected chi connectivity index (χ1v) is 4.60. The van der Waals surface area contributed by atoms with Gasteiger partial charge in [0.15, 0.2) is 0 Å². The molecule has 0 fully saturated rings. The van der Waals surface area contributed by atoms with Crippen molar-refractivity contribution < 1.29 is 9.90 Å². The number of nitrogens with two attached hydrogens (primary N) is 1. The number of carboxylic acids is 1. The van der Waals surface area contributed by atoms with Gasteiger partial charge in [0.25, 0.3) is 5.97 Å². The average molecular weight is 189 g/mol. The second-order valence-electron chi connectivity index (χ2n) is 4.19. The molecule has 0 saturated carbocycles. The Bertz CT molecular complexity index is 137. The molecular formula is C10H23NO2. The Morgan fingerprint density at radius 2 is 1.38 bits per heavy atom. The van der Waals surface area contributed by atoms with Crippen LogP contribution in [0.2, 0.25) is 0 Å². The van der Waals surface area contributed by atoms with E-state index in [-0.39, 0.29) is 5.54 Å². The summed E-state index contributed by atoms with van der Waals surface area (Å²) in [7, 11) is 0. The Morgan fingerprint density at radius 3 is 1.38 bits per heavy atom. The molecule has 0 bridgehead atoms. The molecule has 0 aromatic heterocycles. The van der Waals surface area contributed by atoms with Crippen LogP contribution in [-0.2, 0) is 4.79 Å². The van der Waals surface area contributed by atoms with Gasteiger partial charge in [-0.25, -0.2) is 0 Å². The second kappa shape index (κ2) is 5.97. The lowest BCUT2D eigenvalue weighted by atomic mass is 9.80. The zero-order chi connectivity index (χ0) is 11.2. The first kappa shape index (κ1) is 14.9. The summed E-state index contributed by atoms with van der Waals surface area (Å²) >= 11 is 0. The molecule has 0 saturated heterocycles. The van der Waals surface area contributed by atoms with Crippen LogP contribution >= 0.6 is 0 Å². The molecule has 0 unspecified atom stereocenters. The summed E-state index contributed by atoms with van der Waals surface area (Å²) in [6, 6.07) is 0. The van der Waals surface area contributed by atoms with E-state index in [1.165, 1.54) is 0 Å². The van der Waals surface area contributed by atoms with Gasteiger partial charge in [0, 0.05) is 12.5 Å². The molecule has 3 nitrogen and oxygen atoms in total. The van der Waals surface area contributed by atoms with Gasteiger partial charge in [-0.15, -0.1) is 0 Å². The van der Waals surface area contributed by atoms with Crippen LogP contribution in [0.4, 0.5) is 0 Å². The lowest BCUT2D eigenvalue weighted by Crippen LogP contribution is -2.46. The summed E-state index contributed by atoms with van der Waals surface area (Å²) in [5.41, 5.74) is 6.00. The normalized spacial score (nSPS) is 11.2. The van der Waals surface area contributed by atoms with Gasteiger partial charge in [-0.2, -0.15) is 0 Å². The Labute approximate surface area is 81.3 Å². The molecule has 3 heteroatoms. The third kappa shape index (κ3) is 7.78. The number of carbonyl (C=O) groups is 1. The van der Waals surface area contributed by atoms with Crippen LogP contribution < -0.4 is 5.73 Å². The summed E-state index contributed by atoms with van der Waals surface area (Å²) < 4.78 is 0. The fraction of sp³-hybridized carbons (Fsp3) is 0.900. The standard InChI is InChI=1S/C8H19N.C2H4O2/c1-6(2)8(5,9)7(3)4;1-2(3)4/h6-7H,9H2,1-5H3;1H3,(H,3,4). The third-order valence-electron chi connectivity index (χ3n) is 2.49. The number of hydrogen-bond acceptors (Lipinski definition) is 2. The maximum absolute atomic E-state index is 9.00. The molecule has 0 aliphatic rings. The molecule has 0 aromatic rings. The molecule has 0 rings (SSSR count). The fourth-order valence-electron chi connectivity index (χ4n) is 0.667. The molecular weight excluding hydrogens is 166 g/mol. The van der Waals surface area contributed by atoms with Crippen LogP contribution in [0.25, 0.3) is 0 Å². The second-order valence-corrected chi connectivity index (χ2v) is 4.19. The quantitative estimate of drug-likeness (QED) is 0.699. The van der Waals surface area contributed by atoms with Crippen LogP contribution in [0.15, 0.2) is 0 Å². The molecule has 0 amide bonds. The predicted molar refractivity (Wildman–Crippen MR) is 55.6 cm³/mol. The highest BCUT2D eigenvalue weighted by atomic mass is 16.4. The Kier molecular flexibility index (Phi) is 6.86. The van der Waals surface area contributed by atoms with E-state index in [1.54, 1.807) is 0 Å². The van der Waals surface area contributed by atoms with E-state index >= 15 is 0 Å². The number of hydrogen-bond donors (Lipinski definition) is 2. The van der Waals surface area contributed by atoms with Crippen molar-refractivity contribution in [2.45, 2.75) is 47.1 Å². The van der Waals surface area contributed by atoms with E-state index in [9.17, 15) is 0 Å². The number of rotatable bonds is 2. The fourth-order valence-corrected chi connectivity index (χ4v) is 0.667. The first-order chi connectivity index (χ1) is 5.62. The summed E-state index contributed by atoms with van der Waals surface area (Å²) in [6.07, 6.45) is 0. The van der Waals surface area contributed by atoms with Gasteiger partial charge in [0.05, 0.1) is 0 Å². The van der Waals surface area contributed by atoms with Gasteiger partial charge in [0.1, 0.15) is 0 Å². The number of carboxylic acid groups (broad SMARTS) is 1. The van der Waals surface area contributed by atoms with E-state index in [1.807, 2.05) is 0 Å². The molecule has 0 aliphatic heterocycles. The molecule has 13 heavy (non-hydrogen) atoms. The van der Waals surface area contributed by atoms with Crippen LogP contribution in [-0.4, -0.2) is 16.6 Å². The van der Waals surface area contributed by atoms with Crippen molar-refractivity contribution in [2.75, 3.05) is 0 Å². The molecule has 0 spiro atoms. The molecule has 0 heterocycles. The minimum atomic E-state index is -0.833. The van der Waals surface area contributed by atoms with Crippen molar-refractivity contribution in [3.05, 3.63) is 0 Å². The molecule has 3 N–H and O–H groups in total. The zero-order valence-corrected chi connectivity index (χ0v) is 9.59. The van der Waals surface area contributed by atoms with Crippen molar-refractivity contribution in [3.63, 3.8) is 0 Å². The molecule has 0 radical (unpaired) electrons. The monoisotopic (exact) mass is 189 g/mol. The van der Waals surface area contributed by atoms with Crippen LogP contribution in [0.5, 0.6) is 0 Å². The van der Waals surface area contributed by atoms with E-state index in [0.29, 0.717) is 11.8 Å². The third-order valence-corrected chi connectivity index (χ3v) is 2.49. The van der Waals surface area contributed by atoms with Gasteiger partial charge in [-0.3, -0.25) is 4.79 Å². The zero-order valence-electron chi connectivity index (χ0n) is 9.59. The average Bonchev–Trinajstić information content (AvgIpc) is 1.85. The van der Waals surface area contributed by atoms with Gasteiger partial charge in [0.2, 0.25) is 0 Å². The summed E-state index contributed by atoms with van der Waals surface area (Å²) in [6.45, 7) is 11.9. The van der Waals surface area contributed by atoms with E-state index in [0.717, 1.165) is 6.92 Å². The highest BCUT2D eigenvalue weighted by Gasteiger charge is 2.26. The van der Waals surface area contributed by atoms with Crippen LogP contribution in [0, 0.1) is 11.8 Å². The Balaban J connectivity index is 0. The van der Waals surface area contributed by atoms with Crippen molar-refractivity contribution in [1.82, 2.24) is 0 Å². The Morgan fingerprint density at radius 1 is 1.23 bits per heavy atom. The summed E-state index contributed by atoms with van der Waals surface area (Å²) in [5, 5.41) is 7.42. The smallest absolute Gasteiger partial charge is 0.300 e. The van der Waals surface area contributed by atoms with Crippen molar-refractivity contribution in [1.29, 1.82) is 0 Å². The minimum Gasteiger partial charge on any atom is -0.481 e. The molecule has 0 aliphatic carbocycles. The molecule has 0 aromatic carbocycles. The summed E-state index contributed by atoms with van der Waals surface area (Å²) in [4.78, 5) is 9.00. The van der Waals surface area contributed by atoms with Gasteiger partial charge in [-0.05, 0) is 18.8 Å². The highest BCUT2D eigenvalue weighted by molar-refractivity contribution is 5.62. The number of aliphatic carboxylic acids is 1. The SMILES string of the molecule is CC(=O)O.CC(C)C(C)(N)C(C)C. The topological polar surface area (TPSA) is 63.3 Å². The first-order valence-electron chi connectivity index (χ1n) is 4.60. The lowest BCUT2D eigenvalue weighted by molar-refractivity contribution is -0.134. The van der Waals surface area contributed by atoms with Gasteiger partial charge in [-0.1, -0.05) is 27.7 Å². The van der Waals surface area contributed by atoms with Crippen molar-refractivity contribution in [3.8, 4) is 0 Å². The van der Waals surface area contributed by atoms with Gasteiger partial charge < -0.3 is 10.8 Å². The Hall–Kier alpha value is -0.570.